The van der Waals surface area contributed by atoms with Crippen LogP contribution in [-0.4, -0.2) is 17.4 Å². The van der Waals surface area contributed by atoms with E-state index in [1.165, 1.54) is 4.88 Å². The Labute approximate surface area is 128 Å². The van der Waals surface area contributed by atoms with E-state index in [0.717, 1.165) is 41.5 Å². The SMILES string of the molecule is Cc1ccccc1NC(=O)C(C)c1nc2c(s1)CNCC2. The first-order chi connectivity index (χ1) is 10.1. The number of rotatable bonds is 3. The molecule has 1 aliphatic heterocycles. The van der Waals surface area contributed by atoms with Gasteiger partial charge in [-0.15, -0.1) is 11.3 Å². The van der Waals surface area contributed by atoms with E-state index >= 15 is 0 Å². The van der Waals surface area contributed by atoms with Gasteiger partial charge in [0.05, 0.1) is 11.6 Å². The molecule has 21 heavy (non-hydrogen) atoms. The van der Waals surface area contributed by atoms with Crippen LogP contribution in [0.1, 0.15) is 34.0 Å². The summed E-state index contributed by atoms with van der Waals surface area (Å²) < 4.78 is 0. The van der Waals surface area contributed by atoms with E-state index in [1.807, 2.05) is 38.1 Å². The first-order valence-corrected chi connectivity index (χ1v) is 8.02. The Hall–Kier alpha value is -1.72. The van der Waals surface area contributed by atoms with E-state index in [2.05, 4.69) is 15.6 Å². The number of thiazole rings is 1. The summed E-state index contributed by atoms with van der Waals surface area (Å²) in [7, 11) is 0. The molecule has 1 aliphatic rings. The largest absolute Gasteiger partial charge is 0.325 e. The Morgan fingerprint density at radius 2 is 2.24 bits per heavy atom. The van der Waals surface area contributed by atoms with Gasteiger partial charge in [-0.25, -0.2) is 4.98 Å². The molecule has 2 aromatic rings. The molecule has 2 N–H and O–H groups in total. The normalized spacial score (nSPS) is 15.3. The number of carbonyl (C=O) groups is 1. The molecule has 3 rings (SSSR count). The maximum absolute atomic E-state index is 12.4. The highest BCUT2D eigenvalue weighted by atomic mass is 32.1. The van der Waals surface area contributed by atoms with Crippen LogP contribution in [0, 0.1) is 6.92 Å². The van der Waals surface area contributed by atoms with Crippen molar-refractivity contribution in [1.82, 2.24) is 10.3 Å². The Kier molecular flexibility index (Phi) is 4.03. The molecule has 0 fully saturated rings. The van der Waals surface area contributed by atoms with E-state index in [4.69, 9.17) is 0 Å². The van der Waals surface area contributed by atoms with Crippen molar-refractivity contribution in [3.8, 4) is 0 Å². The van der Waals surface area contributed by atoms with Crippen LogP contribution in [0.25, 0.3) is 0 Å². The van der Waals surface area contributed by atoms with Crippen molar-refractivity contribution in [3.63, 3.8) is 0 Å². The fourth-order valence-corrected chi connectivity index (χ4v) is 3.53. The second-order valence-corrected chi connectivity index (χ2v) is 6.49. The van der Waals surface area contributed by atoms with Gasteiger partial charge < -0.3 is 10.6 Å². The Bertz CT molecular complexity index is 642. The number of anilines is 1. The summed E-state index contributed by atoms with van der Waals surface area (Å²) in [5.41, 5.74) is 3.10. The highest BCUT2D eigenvalue weighted by Gasteiger charge is 2.23. The van der Waals surface area contributed by atoms with Crippen molar-refractivity contribution < 1.29 is 4.79 Å². The number of amides is 1. The van der Waals surface area contributed by atoms with Crippen LogP contribution >= 0.6 is 11.3 Å². The van der Waals surface area contributed by atoms with Crippen LogP contribution in [0.3, 0.4) is 0 Å². The second-order valence-electron chi connectivity index (χ2n) is 5.37. The van der Waals surface area contributed by atoms with Crippen LogP contribution in [0.15, 0.2) is 24.3 Å². The Balaban J connectivity index is 1.75. The summed E-state index contributed by atoms with van der Waals surface area (Å²) in [5, 5.41) is 7.25. The first-order valence-electron chi connectivity index (χ1n) is 7.21. The third-order valence-corrected chi connectivity index (χ3v) is 5.07. The van der Waals surface area contributed by atoms with Gasteiger partial charge in [0.25, 0.3) is 0 Å². The minimum Gasteiger partial charge on any atom is -0.325 e. The van der Waals surface area contributed by atoms with Crippen LogP contribution in [-0.2, 0) is 17.8 Å². The third kappa shape index (κ3) is 2.99. The third-order valence-electron chi connectivity index (χ3n) is 3.79. The monoisotopic (exact) mass is 301 g/mol. The summed E-state index contributed by atoms with van der Waals surface area (Å²) in [6, 6.07) is 7.82. The van der Waals surface area contributed by atoms with Gasteiger partial charge >= 0.3 is 0 Å². The van der Waals surface area contributed by atoms with Crippen molar-refractivity contribution in [2.75, 3.05) is 11.9 Å². The van der Waals surface area contributed by atoms with Gasteiger partial charge in [-0.1, -0.05) is 18.2 Å². The van der Waals surface area contributed by atoms with Crippen LogP contribution in [0.5, 0.6) is 0 Å². The van der Waals surface area contributed by atoms with Crippen LogP contribution < -0.4 is 10.6 Å². The van der Waals surface area contributed by atoms with Crippen molar-refractivity contribution in [2.45, 2.75) is 32.7 Å². The molecule has 0 spiro atoms. The van der Waals surface area contributed by atoms with E-state index in [1.54, 1.807) is 11.3 Å². The number of hydrogen-bond acceptors (Lipinski definition) is 4. The van der Waals surface area contributed by atoms with Gasteiger partial charge in [-0.3, -0.25) is 4.79 Å². The van der Waals surface area contributed by atoms with Crippen molar-refractivity contribution in [1.29, 1.82) is 0 Å². The van der Waals surface area contributed by atoms with Gasteiger partial charge in [0.1, 0.15) is 5.01 Å². The number of benzene rings is 1. The maximum Gasteiger partial charge on any atom is 0.234 e. The predicted molar refractivity (Wildman–Crippen MR) is 85.7 cm³/mol. The second kappa shape index (κ2) is 5.95. The zero-order chi connectivity index (χ0) is 14.8. The van der Waals surface area contributed by atoms with E-state index in [-0.39, 0.29) is 11.8 Å². The van der Waals surface area contributed by atoms with Crippen LogP contribution in [0.2, 0.25) is 0 Å². The molecule has 1 atom stereocenters. The quantitative estimate of drug-likeness (QED) is 0.916. The van der Waals surface area contributed by atoms with Gasteiger partial charge in [-0.05, 0) is 25.5 Å². The molecule has 2 heterocycles. The summed E-state index contributed by atoms with van der Waals surface area (Å²) in [4.78, 5) is 18.3. The predicted octanol–water partition coefficient (Wildman–Crippen LogP) is 2.84. The van der Waals surface area contributed by atoms with E-state index in [9.17, 15) is 4.79 Å². The van der Waals surface area contributed by atoms with E-state index in [0.29, 0.717) is 0 Å². The number of carbonyl (C=O) groups excluding carboxylic acids is 1. The summed E-state index contributed by atoms with van der Waals surface area (Å²) in [6.07, 6.45) is 0.956. The molecular formula is C16H19N3OS. The lowest BCUT2D eigenvalue weighted by Gasteiger charge is -2.11. The molecule has 4 nitrogen and oxygen atoms in total. The Morgan fingerprint density at radius 3 is 3.00 bits per heavy atom. The number of aryl methyl sites for hydroxylation is 1. The molecule has 0 saturated carbocycles. The molecule has 110 valence electrons. The smallest absolute Gasteiger partial charge is 0.234 e. The van der Waals surface area contributed by atoms with Gasteiger partial charge in [0.15, 0.2) is 0 Å². The van der Waals surface area contributed by atoms with E-state index < -0.39 is 0 Å². The first kappa shape index (κ1) is 14.2. The topological polar surface area (TPSA) is 54.0 Å². The molecule has 1 unspecified atom stereocenters. The standard InChI is InChI=1S/C16H19N3OS/c1-10-5-3-4-6-12(10)18-15(20)11(2)16-19-13-7-8-17-9-14(13)21-16/h3-6,11,17H,7-9H2,1-2H3,(H,18,20). The average Bonchev–Trinajstić information content (AvgIpc) is 2.92. The lowest BCUT2D eigenvalue weighted by Crippen LogP contribution is -2.22. The molecule has 1 aromatic carbocycles. The Morgan fingerprint density at radius 1 is 1.43 bits per heavy atom. The molecule has 0 aliphatic carbocycles. The van der Waals surface area contributed by atoms with Crippen molar-refractivity contribution in [3.05, 3.63) is 45.4 Å². The fourth-order valence-electron chi connectivity index (χ4n) is 2.40. The lowest BCUT2D eigenvalue weighted by atomic mass is 10.1. The number of para-hydroxylation sites is 1. The van der Waals surface area contributed by atoms with Crippen LogP contribution in [0.4, 0.5) is 5.69 Å². The zero-order valence-corrected chi connectivity index (χ0v) is 13.1. The molecule has 0 bridgehead atoms. The zero-order valence-electron chi connectivity index (χ0n) is 12.3. The highest BCUT2D eigenvalue weighted by molar-refractivity contribution is 7.12. The lowest BCUT2D eigenvalue weighted by molar-refractivity contribution is -0.117. The number of nitrogens with zero attached hydrogens (tertiary/aromatic N) is 1. The minimum atomic E-state index is -0.222. The van der Waals surface area contributed by atoms with Gasteiger partial charge in [0.2, 0.25) is 5.91 Å². The number of fused-ring (bicyclic) bond motifs is 1. The van der Waals surface area contributed by atoms with Crippen molar-refractivity contribution >= 4 is 22.9 Å². The number of nitrogens with one attached hydrogen (secondary N) is 2. The van der Waals surface area contributed by atoms with Crippen molar-refractivity contribution in [2.24, 2.45) is 0 Å². The fraction of sp³-hybridized carbons (Fsp3) is 0.375. The summed E-state index contributed by atoms with van der Waals surface area (Å²) >= 11 is 1.65. The molecule has 1 aromatic heterocycles. The minimum absolute atomic E-state index is 0.00311. The molecule has 1 amide bonds. The number of hydrogen-bond donors (Lipinski definition) is 2. The molecular weight excluding hydrogens is 282 g/mol. The van der Waals surface area contributed by atoms with Gasteiger partial charge in [0, 0.05) is 30.1 Å². The average molecular weight is 301 g/mol. The molecule has 5 heteroatoms. The van der Waals surface area contributed by atoms with Gasteiger partial charge in [-0.2, -0.15) is 0 Å². The maximum atomic E-state index is 12.4. The summed E-state index contributed by atoms with van der Waals surface area (Å²) in [5.74, 6) is -0.219. The molecule has 0 radical (unpaired) electrons. The molecule has 0 saturated heterocycles. The summed E-state index contributed by atoms with van der Waals surface area (Å²) in [6.45, 7) is 5.76. The number of aromatic nitrogens is 1. The highest BCUT2D eigenvalue weighted by Crippen LogP contribution is 2.28.